The van der Waals surface area contributed by atoms with Crippen molar-refractivity contribution in [1.29, 1.82) is 0 Å². The quantitative estimate of drug-likeness (QED) is 0.185. The Kier molecular flexibility index (Phi) is 9.27. The van der Waals surface area contributed by atoms with Gasteiger partial charge >= 0.3 is 18.1 Å². The first-order valence-corrected chi connectivity index (χ1v) is 17.7. The summed E-state index contributed by atoms with van der Waals surface area (Å²) in [5.41, 5.74) is 1.01. The Hall–Kier alpha value is -3.12. The lowest BCUT2D eigenvalue weighted by Crippen LogP contribution is -2.65. The van der Waals surface area contributed by atoms with Crippen LogP contribution in [0, 0.1) is 11.8 Å². The van der Waals surface area contributed by atoms with Gasteiger partial charge in [-0.15, -0.1) is 0 Å². The summed E-state index contributed by atoms with van der Waals surface area (Å²) in [7, 11) is -2.13. The number of nitrogens with zero attached hydrogens (tertiary/aromatic N) is 3. The van der Waals surface area contributed by atoms with Gasteiger partial charge in [0.1, 0.15) is 18.9 Å². The fraction of sp³-hybridized carbons (Fsp3) is 0.667. The lowest BCUT2D eigenvalue weighted by atomic mass is 9.74. The van der Waals surface area contributed by atoms with Gasteiger partial charge in [-0.25, -0.2) is 14.4 Å². The summed E-state index contributed by atoms with van der Waals surface area (Å²) in [5.74, 6) is -1.14. The summed E-state index contributed by atoms with van der Waals surface area (Å²) >= 11 is 0. The second-order valence-electron chi connectivity index (χ2n) is 13.1. The van der Waals surface area contributed by atoms with Gasteiger partial charge in [0.15, 0.2) is 8.32 Å². The summed E-state index contributed by atoms with van der Waals surface area (Å²) in [6, 6.07) is -0.674. The Morgan fingerprint density at radius 3 is 2.36 bits per heavy atom. The Balaban J connectivity index is 1.48. The average Bonchev–Trinajstić information content (AvgIpc) is 3.49. The molecular formula is C30H46N4O7Si. The molecule has 0 bridgehead atoms. The van der Waals surface area contributed by atoms with E-state index < -0.39 is 20.4 Å². The van der Waals surface area contributed by atoms with Crippen LogP contribution < -0.4 is 5.32 Å². The number of carbonyl (C=O) groups is 4. The number of likely N-dealkylation sites (tertiary alicyclic amines) is 2. The highest BCUT2D eigenvalue weighted by atomic mass is 28.4. The molecule has 4 aliphatic rings. The number of β-lactam (4-membered cyclic amide) rings is 1. The van der Waals surface area contributed by atoms with Crippen molar-refractivity contribution in [1.82, 2.24) is 20.0 Å². The fourth-order valence-corrected chi connectivity index (χ4v) is 7.63. The second kappa shape index (κ2) is 12.2. The summed E-state index contributed by atoms with van der Waals surface area (Å²) in [5, 5.41) is 3.02. The van der Waals surface area contributed by atoms with E-state index in [4.69, 9.17) is 13.9 Å². The van der Waals surface area contributed by atoms with E-state index in [1.807, 2.05) is 6.92 Å². The number of rotatable bonds is 9. The first kappa shape index (κ1) is 31.8. The first-order valence-electron chi connectivity index (χ1n) is 14.8. The zero-order valence-corrected chi connectivity index (χ0v) is 26.8. The van der Waals surface area contributed by atoms with Crippen LogP contribution in [0.15, 0.2) is 36.6 Å². The maximum atomic E-state index is 13.6. The molecule has 3 fully saturated rings. The molecule has 4 aliphatic heterocycles. The minimum absolute atomic E-state index is 0.00651. The first-order chi connectivity index (χ1) is 19.7. The number of ether oxygens (including phenoxy) is 2. The third kappa shape index (κ3) is 6.01. The molecule has 0 aromatic carbocycles. The monoisotopic (exact) mass is 602 g/mol. The molecule has 0 aromatic rings. The minimum Gasteiger partial charge on any atom is -0.457 e. The molecule has 4 amide bonds. The SMILES string of the molecule is C=CCOC(=O)C1=C2CN(C(=O)NC3CCN(C(=O)OCC=C)C3)CC[C@@H]2[C@@H]2[C@@H]([C@@H](C)O[Si](C)(C)C(C)(C)C)C(=O)N12. The predicted molar refractivity (Wildman–Crippen MR) is 160 cm³/mol. The molecule has 0 radical (unpaired) electrons. The van der Waals surface area contributed by atoms with E-state index in [1.54, 1.807) is 14.7 Å². The minimum atomic E-state index is -2.13. The van der Waals surface area contributed by atoms with Crippen molar-refractivity contribution in [3.05, 3.63) is 36.6 Å². The van der Waals surface area contributed by atoms with E-state index in [9.17, 15) is 19.2 Å². The van der Waals surface area contributed by atoms with Gasteiger partial charge in [-0.05, 0) is 43.5 Å². The van der Waals surface area contributed by atoms with Gasteiger partial charge in [0, 0.05) is 38.1 Å². The van der Waals surface area contributed by atoms with E-state index in [-0.39, 0.29) is 72.5 Å². The normalized spacial score (nSPS) is 26.2. The lowest BCUT2D eigenvalue weighted by Gasteiger charge is -2.51. The van der Waals surface area contributed by atoms with Crippen LogP contribution in [0.5, 0.6) is 0 Å². The van der Waals surface area contributed by atoms with Crippen LogP contribution in [-0.4, -0.2) is 105 Å². The third-order valence-electron chi connectivity index (χ3n) is 9.37. The summed E-state index contributed by atoms with van der Waals surface area (Å²) in [4.78, 5) is 57.2. The van der Waals surface area contributed by atoms with Crippen molar-refractivity contribution in [2.45, 2.75) is 76.9 Å². The van der Waals surface area contributed by atoms with Gasteiger partial charge < -0.3 is 33.9 Å². The molecular weight excluding hydrogens is 556 g/mol. The third-order valence-corrected chi connectivity index (χ3v) is 13.9. The molecule has 0 aliphatic carbocycles. The van der Waals surface area contributed by atoms with Crippen molar-refractivity contribution in [2.24, 2.45) is 11.8 Å². The number of carbonyl (C=O) groups excluding carboxylic acids is 4. The molecule has 12 heteroatoms. The van der Waals surface area contributed by atoms with E-state index in [2.05, 4.69) is 52.3 Å². The van der Waals surface area contributed by atoms with Crippen LogP contribution in [-0.2, 0) is 23.5 Å². The molecule has 1 N–H and O–H groups in total. The molecule has 0 saturated carbocycles. The van der Waals surface area contributed by atoms with Gasteiger partial charge in [-0.1, -0.05) is 46.1 Å². The van der Waals surface area contributed by atoms with Crippen molar-refractivity contribution >= 4 is 32.3 Å². The number of hydrogen-bond acceptors (Lipinski definition) is 7. The predicted octanol–water partition coefficient (Wildman–Crippen LogP) is 3.65. The van der Waals surface area contributed by atoms with Crippen LogP contribution in [0.25, 0.3) is 0 Å². The Labute approximate surface area is 250 Å². The van der Waals surface area contributed by atoms with Crippen molar-refractivity contribution in [2.75, 3.05) is 39.4 Å². The van der Waals surface area contributed by atoms with Gasteiger partial charge in [-0.3, -0.25) is 4.79 Å². The fourth-order valence-electron chi connectivity index (χ4n) is 6.21. The van der Waals surface area contributed by atoms with Crippen LogP contribution in [0.4, 0.5) is 9.59 Å². The van der Waals surface area contributed by atoms with E-state index in [0.717, 1.165) is 5.57 Å². The van der Waals surface area contributed by atoms with Crippen molar-refractivity contribution in [3.8, 4) is 0 Å². The van der Waals surface area contributed by atoms with Gasteiger partial charge in [0.2, 0.25) is 5.91 Å². The van der Waals surface area contributed by atoms with E-state index in [0.29, 0.717) is 32.5 Å². The number of urea groups is 1. The van der Waals surface area contributed by atoms with E-state index in [1.165, 1.54) is 12.2 Å². The van der Waals surface area contributed by atoms with Crippen molar-refractivity contribution in [3.63, 3.8) is 0 Å². The van der Waals surface area contributed by atoms with Crippen LogP contribution in [0.1, 0.15) is 40.5 Å². The Morgan fingerprint density at radius 1 is 1.07 bits per heavy atom. The molecule has 4 rings (SSSR count). The molecule has 5 atom stereocenters. The molecule has 3 saturated heterocycles. The standard InChI is InChI=1S/C30H46N4O7Si/c1-9-15-39-27(36)25-22-18-32(28(37)31-20-11-13-33(17-20)29(38)40-16-10-2)14-12-21(22)24-23(26(35)34(24)25)19(3)41-42(7,8)30(4,5)6/h9-10,19-21,23-24H,1-2,11-18H2,3-8H3,(H,31,37)/t19-,20?,21+,23-,24-/m1/s1. The van der Waals surface area contributed by atoms with E-state index >= 15 is 0 Å². The number of piperidine rings is 1. The largest absolute Gasteiger partial charge is 0.457 e. The molecule has 232 valence electrons. The zero-order chi connectivity index (χ0) is 31.0. The topological polar surface area (TPSA) is 118 Å². The van der Waals surface area contributed by atoms with Gasteiger partial charge in [0.25, 0.3) is 0 Å². The van der Waals surface area contributed by atoms with Gasteiger partial charge in [-0.2, -0.15) is 0 Å². The van der Waals surface area contributed by atoms with Crippen molar-refractivity contribution < 1.29 is 33.1 Å². The zero-order valence-electron chi connectivity index (χ0n) is 25.8. The summed E-state index contributed by atoms with van der Waals surface area (Å²) < 4.78 is 17.1. The molecule has 0 spiro atoms. The number of nitrogens with one attached hydrogen (secondary N) is 1. The molecule has 42 heavy (non-hydrogen) atoms. The van der Waals surface area contributed by atoms with Crippen LogP contribution >= 0.6 is 0 Å². The molecule has 1 unspecified atom stereocenters. The molecule has 11 nitrogen and oxygen atoms in total. The summed E-state index contributed by atoms with van der Waals surface area (Å²) in [6.45, 7) is 21.7. The number of amides is 4. The number of hydrogen-bond donors (Lipinski definition) is 1. The molecule has 4 heterocycles. The highest BCUT2D eigenvalue weighted by Crippen LogP contribution is 2.51. The highest BCUT2D eigenvalue weighted by Gasteiger charge is 2.63. The smallest absolute Gasteiger partial charge is 0.410 e. The lowest BCUT2D eigenvalue weighted by molar-refractivity contribution is -0.163. The van der Waals surface area contributed by atoms with Crippen LogP contribution in [0.2, 0.25) is 18.1 Å². The summed E-state index contributed by atoms with van der Waals surface area (Å²) in [6.07, 6.45) is 3.50. The van der Waals surface area contributed by atoms with Gasteiger partial charge in [0.05, 0.1) is 18.1 Å². The highest BCUT2D eigenvalue weighted by molar-refractivity contribution is 6.74. The maximum absolute atomic E-state index is 13.6. The average molecular weight is 603 g/mol. The number of esters is 1. The maximum Gasteiger partial charge on any atom is 0.410 e. The second-order valence-corrected chi connectivity index (χ2v) is 17.9. The molecule has 0 aromatic heterocycles. The number of fused-ring (bicyclic) bond motifs is 3. The Bertz CT molecular complexity index is 1160. The van der Waals surface area contributed by atoms with Crippen LogP contribution in [0.3, 0.4) is 0 Å². The Morgan fingerprint density at radius 2 is 1.71 bits per heavy atom.